The molecule has 0 aliphatic carbocycles. The number of carbonyl (C=O) groups excluding carboxylic acids is 1. The highest BCUT2D eigenvalue weighted by atomic mass is 19.4. The topological polar surface area (TPSA) is 40.5 Å². The minimum absolute atomic E-state index is 0.383. The molecule has 6 heteroatoms. The molecule has 92 valence electrons. The molecule has 0 bridgehead atoms. The first-order valence-electron chi connectivity index (χ1n) is 4.81. The van der Waals surface area contributed by atoms with Gasteiger partial charge in [-0.3, -0.25) is 4.79 Å². The van der Waals surface area contributed by atoms with E-state index in [4.69, 9.17) is 0 Å². The summed E-state index contributed by atoms with van der Waals surface area (Å²) in [6, 6.07) is 0. The summed E-state index contributed by atoms with van der Waals surface area (Å²) in [4.78, 5) is 11.1. The molecule has 0 unspecified atom stereocenters. The van der Waals surface area contributed by atoms with E-state index in [1.165, 1.54) is 6.92 Å². The Labute approximate surface area is 92.2 Å². The maximum atomic E-state index is 11.8. The van der Waals surface area contributed by atoms with Crippen LogP contribution in [0.1, 0.15) is 20.8 Å². The van der Waals surface area contributed by atoms with Crippen LogP contribution in [0.2, 0.25) is 0 Å². The summed E-state index contributed by atoms with van der Waals surface area (Å²) in [5.74, 6) is 2.80. The zero-order valence-corrected chi connectivity index (χ0v) is 9.35. The molecule has 1 aliphatic rings. The van der Waals surface area contributed by atoms with E-state index in [1.54, 1.807) is 0 Å². The molecule has 3 nitrogen and oxygen atoms in total. The molecule has 1 heterocycles. The minimum Gasteiger partial charge on any atom is -0.374 e. The number of likely N-dealkylation sites (tertiary alicyclic amines) is 1. The zero-order valence-electron chi connectivity index (χ0n) is 9.35. The van der Waals surface area contributed by atoms with Crippen LogP contribution in [0.15, 0.2) is 0 Å². The van der Waals surface area contributed by atoms with Gasteiger partial charge in [-0.1, -0.05) is 19.8 Å². The highest BCUT2D eigenvalue weighted by Gasteiger charge is 2.51. The fourth-order valence-corrected chi connectivity index (χ4v) is 1.22. The Hall–Kier alpha value is -1.22. The number of rotatable bonds is 0. The second kappa shape index (κ2) is 5.21. The number of hydrogen-bond donors (Lipinski definition) is 1. The normalized spacial score (nSPS) is 17.3. The summed E-state index contributed by atoms with van der Waals surface area (Å²) in [5, 5.41) is 9.36. The largest absolute Gasteiger partial charge is 0.471 e. The lowest BCUT2D eigenvalue weighted by Gasteiger charge is -2.43. The number of nitrogens with zero attached hydrogens (tertiary/aromatic N) is 1. The fraction of sp³-hybridized carbons (Fsp3) is 0.700. The minimum atomic E-state index is -4.87. The highest BCUT2D eigenvalue weighted by Crippen LogP contribution is 2.26. The van der Waals surface area contributed by atoms with Crippen LogP contribution in [-0.4, -0.2) is 40.8 Å². The summed E-state index contributed by atoms with van der Waals surface area (Å²) in [5.41, 5.74) is -1.46. The van der Waals surface area contributed by atoms with Gasteiger partial charge < -0.3 is 10.0 Å². The zero-order chi connectivity index (χ0) is 13.0. The van der Waals surface area contributed by atoms with Crippen molar-refractivity contribution in [3.05, 3.63) is 0 Å². The van der Waals surface area contributed by atoms with Crippen molar-refractivity contribution in [3.63, 3.8) is 0 Å². The molecule has 0 aromatic carbocycles. The average molecular weight is 237 g/mol. The summed E-state index contributed by atoms with van der Waals surface area (Å²) in [6.07, 6.45) is -4.87. The van der Waals surface area contributed by atoms with Gasteiger partial charge in [-0.25, -0.2) is 0 Å². The number of aliphatic hydroxyl groups is 1. The van der Waals surface area contributed by atoms with Crippen LogP contribution in [0, 0.1) is 11.8 Å². The van der Waals surface area contributed by atoms with Gasteiger partial charge in [0.15, 0.2) is 5.60 Å². The molecule has 0 aromatic heterocycles. The molecule has 0 saturated carbocycles. The molecule has 0 spiro atoms. The van der Waals surface area contributed by atoms with Crippen molar-refractivity contribution in [3.8, 4) is 11.8 Å². The van der Waals surface area contributed by atoms with E-state index in [-0.39, 0.29) is 13.1 Å². The third kappa shape index (κ3) is 3.42. The molecular formula is C10H14F3NO2. The lowest BCUT2D eigenvalue weighted by atomic mass is 9.95. The molecule has 1 N–H and O–H groups in total. The van der Waals surface area contributed by atoms with Gasteiger partial charge in [0, 0.05) is 0 Å². The molecular weight excluding hydrogens is 223 g/mol. The Morgan fingerprint density at radius 2 is 1.81 bits per heavy atom. The van der Waals surface area contributed by atoms with Crippen LogP contribution in [0.3, 0.4) is 0 Å². The van der Waals surface area contributed by atoms with Crippen LogP contribution >= 0.6 is 0 Å². The summed E-state index contributed by atoms with van der Waals surface area (Å²) >= 11 is 0. The van der Waals surface area contributed by atoms with E-state index in [0.717, 1.165) is 0 Å². The molecule has 1 aliphatic heterocycles. The first kappa shape index (κ1) is 14.8. The van der Waals surface area contributed by atoms with Gasteiger partial charge in [0.05, 0.1) is 13.1 Å². The van der Waals surface area contributed by atoms with Crippen molar-refractivity contribution in [2.75, 3.05) is 13.1 Å². The third-order valence-corrected chi connectivity index (χ3v) is 1.79. The first-order valence-corrected chi connectivity index (χ1v) is 4.81. The highest BCUT2D eigenvalue weighted by molar-refractivity contribution is 5.83. The Balaban J connectivity index is 0.00000106. The monoisotopic (exact) mass is 237 g/mol. The van der Waals surface area contributed by atoms with Gasteiger partial charge in [0.25, 0.3) is 0 Å². The quantitative estimate of drug-likeness (QED) is 0.642. The Kier molecular flexibility index (Phi) is 4.81. The number of amides is 1. The van der Waals surface area contributed by atoms with Crippen molar-refractivity contribution < 1.29 is 23.1 Å². The van der Waals surface area contributed by atoms with E-state index < -0.39 is 17.7 Å². The molecule has 1 rings (SSSR count). The Morgan fingerprint density at radius 3 is 2.12 bits per heavy atom. The predicted molar refractivity (Wildman–Crippen MR) is 52.4 cm³/mol. The second-order valence-corrected chi connectivity index (χ2v) is 3.07. The SMILES string of the molecule is CC.CC#CC1(O)CN(C(=O)C(F)(F)F)C1. The van der Waals surface area contributed by atoms with E-state index in [0.29, 0.717) is 4.90 Å². The third-order valence-electron chi connectivity index (χ3n) is 1.79. The van der Waals surface area contributed by atoms with Crippen LogP contribution in [0.5, 0.6) is 0 Å². The number of hydrogen-bond acceptors (Lipinski definition) is 2. The molecule has 1 amide bonds. The second-order valence-electron chi connectivity index (χ2n) is 3.07. The van der Waals surface area contributed by atoms with Crippen molar-refractivity contribution in [2.24, 2.45) is 0 Å². The molecule has 0 atom stereocenters. The number of β-amino-alcohol motifs (C(OH)–C–C–N with tert-alkyl or cyclic N) is 1. The molecule has 0 radical (unpaired) electrons. The predicted octanol–water partition coefficient (Wildman–Crippen LogP) is 1.17. The van der Waals surface area contributed by atoms with E-state index in [2.05, 4.69) is 11.8 Å². The lowest BCUT2D eigenvalue weighted by molar-refractivity contribution is -0.198. The number of carbonyl (C=O) groups is 1. The van der Waals surface area contributed by atoms with Crippen LogP contribution in [-0.2, 0) is 4.79 Å². The number of halogens is 3. The van der Waals surface area contributed by atoms with Crippen LogP contribution < -0.4 is 0 Å². The van der Waals surface area contributed by atoms with Crippen molar-refractivity contribution in [1.82, 2.24) is 4.90 Å². The van der Waals surface area contributed by atoms with Crippen LogP contribution in [0.25, 0.3) is 0 Å². The van der Waals surface area contributed by atoms with Gasteiger partial charge >= 0.3 is 12.1 Å². The van der Waals surface area contributed by atoms with Gasteiger partial charge in [-0.15, -0.1) is 5.92 Å². The average Bonchev–Trinajstić information content (AvgIpc) is 2.15. The van der Waals surface area contributed by atoms with Crippen LogP contribution in [0.4, 0.5) is 13.2 Å². The molecule has 16 heavy (non-hydrogen) atoms. The van der Waals surface area contributed by atoms with Gasteiger partial charge in [0.1, 0.15) is 0 Å². The molecule has 0 aromatic rings. The Morgan fingerprint density at radius 1 is 1.38 bits per heavy atom. The summed E-state index contributed by atoms with van der Waals surface area (Å²) in [6.45, 7) is 4.70. The lowest BCUT2D eigenvalue weighted by Crippen LogP contribution is -2.65. The first-order chi connectivity index (χ1) is 7.28. The Bertz CT molecular complexity index is 308. The molecule has 1 saturated heterocycles. The van der Waals surface area contributed by atoms with E-state index >= 15 is 0 Å². The standard InChI is InChI=1S/C8H8F3NO2.C2H6/c1-2-3-7(14)4-12(5-7)6(13)8(9,10)11;1-2/h14H,4-5H2,1H3;1-2H3. The summed E-state index contributed by atoms with van der Waals surface area (Å²) in [7, 11) is 0. The van der Waals surface area contributed by atoms with Gasteiger partial charge in [0.2, 0.25) is 0 Å². The smallest absolute Gasteiger partial charge is 0.374 e. The van der Waals surface area contributed by atoms with Gasteiger partial charge in [-0.05, 0) is 6.92 Å². The van der Waals surface area contributed by atoms with E-state index in [9.17, 15) is 23.1 Å². The maximum Gasteiger partial charge on any atom is 0.471 e. The van der Waals surface area contributed by atoms with E-state index in [1.807, 2.05) is 13.8 Å². The summed E-state index contributed by atoms with van der Waals surface area (Å²) < 4.78 is 35.5. The number of alkyl halides is 3. The van der Waals surface area contributed by atoms with Crippen molar-refractivity contribution >= 4 is 5.91 Å². The maximum absolute atomic E-state index is 11.8. The van der Waals surface area contributed by atoms with Crippen molar-refractivity contribution in [2.45, 2.75) is 32.5 Å². The molecule has 1 fully saturated rings. The van der Waals surface area contributed by atoms with Gasteiger partial charge in [-0.2, -0.15) is 13.2 Å². The van der Waals surface area contributed by atoms with Crippen molar-refractivity contribution in [1.29, 1.82) is 0 Å². The fourth-order valence-electron chi connectivity index (χ4n) is 1.22.